The summed E-state index contributed by atoms with van der Waals surface area (Å²) in [5, 5.41) is 5.01. The summed E-state index contributed by atoms with van der Waals surface area (Å²) in [4.78, 5) is 13.3. The zero-order valence-electron chi connectivity index (χ0n) is 11.8. The Morgan fingerprint density at radius 1 is 1.20 bits per heavy atom. The van der Waals surface area contributed by atoms with E-state index in [0.717, 1.165) is 10.4 Å². The third kappa shape index (κ3) is 3.45. The number of amides is 1. The second kappa shape index (κ2) is 5.75. The largest absolute Gasteiger partial charge is 0.344 e. The number of halogens is 1. The first-order valence-corrected chi connectivity index (χ1v) is 7.36. The van der Waals surface area contributed by atoms with Crippen LogP contribution in [-0.4, -0.2) is 5.91 Å². The molecule has 1 atom stereocenters. The number of nitrogens with one attached hydrogen (secondary N) is 1. The second-order valence-electron chi connectivity index (χ2n) is 5.72. The van der Waals surface area contributed by atoms with Gasteiger partial charge in [0.2, 0.25) is 5.91 Å². The summed E-state index contributed by atoms with van der Waals surface area (Å²) in [6, 6.07) is 9.94. The summed E-state index contributed by atoms with van der Waals surface area (Å²) >= 11 is 1.57. The van der Waals surface area contributed by atoms with Crippen LogP contribution in [0.25, 0.3) is 0 Å². The molecule has 0 saturated heterocycles. The molecule has 0 bridgehead atoms. The number of benzene rings is 1. The molecular formula is C16H18FNOS. The molecule has 4 heteroatoms. The Hall–Kier alpha value is -1.68. The van der Waals surface area contributed by atoms with Crippen LogP contribution < -0.4 is 5.32 Å². The van der Waals surface area contributed by atoms with Crippen LogP contribution in [0.2, 0.25) is 0 Å². The maximum Gasteiger partial charge on any atom is 0.226 e. The molecule has 0 spiro atoms. The van der Waals surface area contributed by atoms with E-state index in [0.29, 0.717) is 0 Å². The SMILES string of the molecule is CC(C)(C)C(=O)NC(c1ccc(F)cc1)c1cccs1. The van der Waals surface area contributed by atoms with Crippen molar-refractivity contribution < 1.29 is 9.18 Å². The smallest absolute Gasteiger partial charge is 0.226 e. The minimum atomic E-state index is -0.463. The van der Waals surface area contributed by atoms with Gasteiger partial charge in [-0.05, 0) is 29.1 Å². The van der Waals surface area contributed by atoms with Gasteiger partial charge in [-0.3, -0.25) is 4.79 Å². The quantitative estimate of drug-likeness (QED) is 0.904. The summed E-state index contributed by atoms with van der Waals surface area (Å²) in [6.45, 7) is 5.62. The lowest BCUT2D eigenvalue weighted by Gasteiger charge is -2.24. The van der Waals surface area contributed by atoms with Gasteiger partial charge in [0, 0.05) is 10.3 Å². The molecule has 0 aliphatic rings. The first-order valence-electron chi connectivity index (χ1n) is 6.48. The van der Waals surface area contributed by atoms with Crippen molar-refractivity contribution in [1.82, 2.24) is 5.32 Å². The maximum absolute atomic E-state index is 13.1. The minimum Gasteiger partial charge on any atom is -0.344 e. The molecule has 106 valence electrons. The molecule has 0 aliphatic heterocycles. The normalized spacial score (nSPS) is 13.0. The Morgan fingerprint density at radius 2 is 1.85 bits per heavy atom. The van der Waals surface area contributed by atoms with Gasteiger partial charge in [-0.1, -0.05) is 39.0 Å². The standard InChI is InChI=1S/C16H18FNOS/c1-16(2,3)15(19)18-14(13-5-4-10-20-13)11-6-8-12(17)9-7-11/h4-10,14H,1-3H3,(H,18,19). The lowest BCUT2D eigenvalue weighted by Crippen LogP contribution is -2.37. The highest BCUT2D eigenvalue weighted by Gasteiger charge is 2.26. The number of carbonyl (C=O) groups is 1. The molecule has 0 radical (unpaired) electrons. The monoisotopic (exact) mass is 291 g/mol. The third-order valence-electron chi connectivity index (χ3n) is 2.99. The van der Waals surface area contributed by atoms with E-state index in [-0.39, 0.29) is 17.8 Å². The molecule has 1 N–H and O–H groups in total. The molecule has 20 heavy (non-hydrogen) atoms. The Kier molecular flexibility index (Phi) is 4.23. The molecule has 0 aliphatic carbocycles. The predicted molar refractivity (Wildman–Crippen MR) is 80.2 cm³/mol. The first kappa shape index (κ1) is 14.7. The van der Waals surface area contributed by atoms with Gasteiger partial charge in [0.25, 0.3) is 0 Å². The number of hydrogen-bond acceptors (Lipinski definition) is 2. The van der Waals surface area contributed by atoms with Gasteiger partial charge in [0.15, 0.2) is 0 Å². The van der Waals surface area contributed by atoms with Gasteiger partial charge in [-0.25, -0.2) is 4.39 Å². The van der Waals surface area contributed by atoms with Crippen LogP contribution in [0.1, 0.15) is 37.3 Å². The van der Waals surface area contributed by atoms with Crippen molar-refractivity contribution in [1.29, 1.82) is 0 Å². The van der Waals surface area contributed by atoms with E-state index in [1.54, 1.807) is 23.5 Å². The topological polar surface area (TPSA) is 29.1 Å². The van der Waals surface area contributed by atoms with Crippen molar-refractivity contribution in [3.8, 4) is 0 Å². The van der Waals surface area contributed by atoms with Gasteiger partial charge in [-0.15, -0.1) is 11.3 Å². The van der Waals surface area contributed by atoms with Crippen molar-refractivity contribution in [3.05, 3.63) is 58.0 Å². The molecule has 2 aromatic rings. The van der Waals surface area contributed by atoms with Crippen molar-refractivity contribution in [3.63, 3.8) is 0 Å². The van der Waals surface area contributed by atoms with Gasteiger partial charge in [0.05, 0.1) is 6.04 Å². The predicted octanol–water partition coefficient (Wildman–Crippen LogP) is 4.14. The Bertz CT molecular complexity index is 570. The Morgan fingerprint density at radius 3 is 2.35 bits per heavy atom. The Labute approximate surface area is 122 Å². The van der Waals surface area contributed by atoms with Gasteiger partial charge < -0.3 is 5.32 Å². The third-order valence-corrected chi connectivity index (χ3v) is 3.92. The summed E-state index contributed by atoms with van der Waals surface area (Å²) < 4.78 is 13.1. The molecule has 0 saturated carbocycles. The average molecular weight is 291 g/mol. The van der Waals surface area contributed by atoms with E-state index in [2.05, 4.69) is 5.32 Å². The van der Waals surface area contributed by atoms with Crippen LogP contribution in [0, 0.1) is 11.2 Å². The van der Waals surface area contributed by atoms with Crippen LogP contribution in [0.4, 0.5) is 4.39 Å². The molecular weight excluding hydrogens is 273 g/mol. The number of rotatable bonds is 3. The van der Waals surface area contributed by atoms with E-state index in [1.807, 2.05) is 38.3 Å². The van der Waals surface area contributed by atoms with E-state index >= 15 is 0 Å². The number of hydrogen-bond donors (Lipinski definition) is 1. The molecule has 0 fully saturated rings. The summed E-state index contributed by atoms with van der Waals surface area (Å²) in [5.41, 5.74) is 0.418. The fourth-order valence-corrected chi connectivity index (χ4v) is 2.58. The van der Waals surface area contributed by atoms with Gasteiger partial charge in [0.1, 0.15) is 5.82 Å². The van der Waals surface area contributed by atoms with E-state index in [4.69, 9.17) is 0 Å². The molecule has 1 amide bonds. The average Bonchev–Trinajstić information content (AvgIpc) is 2.89. The number of carbonyl (C=O) groups excluding carboxylic acids is 1. The first-order chi connectivity index (χ1) is 9.38. The zero-order valence-corrected chi connectivity index (χ0v) is 12.6. The van der Waals surface area contributed by atoms with Gasteiger partial charge in [-0.2, -0.15) is 0 Å². The lowest BCUT2D eigenvalue weighted by atomic mass is 9.94. The van der Waals surface area contributed by atoms with Crippen molar-refractivity contribution in [2.75, 3.05) is 0 Å². The minimum absolute atomic E-state index is 0.0276. The molecule has 2 rings (SSSR count). The molecule has 1 aromatic carbocycles. The van der Waals surface area contributed by atoms with Crippen molar-refractivity contribution >= 4 is 17.2 Å². The molecule has 1 aromatic heterocycles. The summed E-state index contributed by atoms with van der Waals surface area (Å²) in [5.74, 6) is -0.305. The maximum atomic E-state index is 13.1. The van der Waals surface area contributed by atoms with Crippen LogP contribution in [0.3, 0.4) is 0 Å². The fraction of sp³-hybridized carbons (Fsp3) is 0.312. The molecule has 1 unspecified atom stereocenters. The Balaban J connectivity index is 2.31. The highest BCUT2D eigenvalue weighted by atomic mass is 32.1. The summed E-state index contributed by atoms with van der Waals surface area (Å²) in [7, 11) is 0. The van der Waals surface area contributed by atoms with Crippen molar-refractivity contribution in [2.45, 2.75) is 26.8 Å². The van der Waals surface area contributed by atoms with Crippen LogP contribution >= 0.6 is 11.3 Å². The van der Waals surface area contributed by atoms with Crippen molar-refractivity contribution in [2.24, 2.45) is 5.41 Å². The van der Waals surface area contributed by atoms with Gasteiger partial charge >= 0.3 is 0 Å². The summed E-state index contributed by atoms with van der Waals surface area (Å²) in [6.07, 6.45) is 0. The van der Waals surface area contributed by atoms with E-state index < -0.39 is 5.41 Å². The molecule has 1 heterocycles. The second-order valence-corrected chi connectivity index (χ2v) is 6.70. The van der Waals surface area contributed by atoms with Crippen LogP contribution in [0.15, 0.2) is 41.8 Å². The van der Waals surface area contributed by atoms with Crippen LogP contribution in [0.5, 0.6) is 0 Å². The molecule has 2 nitrogen and oxygen atoms in total. The van der Waals surface area contributed by atoms with E-state index in [1.165, 1.54) is 12.1 Å². The highest BCUT2D eigenvalue weighted by molar-refractivity contribution is 7.10. The highest BCUT2D eigenvalue weighted by Crippen LogP contribution is 2.27. The fourth-order valence-electron chi connectivity index (χ4n) is 1.78. The number of thiophene rings is 1. The van der Waals surface area contributed by atoms with E-state index in [9.17, 15) is 9.18 Å². The van der Waals surface area contributed by atoms with Crippen LogP contribution in [-0.2, 0) is 4.79 Å². The lowest BCUT2D eigenvalue weighted by molar-refractivity contribution is -0.129. The zero-order chi connectivity index (χ0) is 14.8.